The van der Waals surface area contributed by atoms with Crippen LogP contribution in [-0.4, -0.2) is 6.16 Å². The van der Waals surface area contributed by atoms with E-state index in [1.165, 1.54) is 15.9 Å². The summed E-state index contributed by atoms with van der Waals surface area (Å²) in [5, 5.41) is 4.09. The lowest BCUT2D eigenvalue weighted by Crippen LogP contribution is -2.33. The topological polar surface area (TPSA) is 0 Å². The summed E-state index contributed by atoms with van der Waals surface area (Å²) in [5.41, 5.74) is 0. The first-order valence-electron chi connectivity index (χ1n) is 8.02. The number of hydrogen-bond donors (Lipinski definition) is 0. The molecule has 1 heteroatoms. The van der Waals surface area contributed by atoms with Gasteiger partial charge < -0.3 is 0 Å². The van der Waals surface area contributed by atoms with Crippen LogP contribution >= 0.6 is 7.26 Å². The van der Waals surface area contributed by atoms with Crippen LogP contribution < -0.4 is 15.9 Å². The van der Waals surface area contributed by atoms with Crippen LogP contribution in [-0.2, 0) is 0 Å². The van der Waals surface area contributed by atoms with Crippen LogP contribution in [0.4, 0.5) is 0 Å². The van der Waals surface area contributed by atoms with Gasteiger partial charge in [-0.25, -0.2) is 0 Å². The van der Waals surface area contributed by atoms with Crippen molar-refractivity contribution in [1.29, 1.82) is 0 Å². The molecule has 0 bridgehead atoms. The summed E-state index contributed by atoms with van der Waals surface area (Å²) in [6.45, 7) is 3.74. The Morgan fingerprint density at radius 1 is 0.667 bits per heavy atom. The molecule has 0 aromatic heterocycles. The van der Waals surface area contributed by atoms with E-state index in [4.69, 9.17) is 0 Å². The van der Waals surface area contributed by atoms with E-state index >= 15 is 0 Å². The molecule has 116 valence electrons. The second-order valence-electron chi connectivity index (χ2n) is 5.50. The highest BCUT2D eigenvalue weighted by atomic mass is 31.2. The predicted molar refractivity (Wildman–Crippen MR) is 108 cm³/mol. The molecule has 0 spiro atoms. The SMILES string of the molecule is C=CC#CC[P+](c1ccccc1)(c1ccccc1)c1ccccc1. The molecule has 0 atom stereocenters. The number of allylic oxidation sites excluding steroid dienone is 1. The Bertz CT molecular complexity index is 743. The molecule has 0 saturated carbocycles. The number of hydrogen-bond acceptors (Lipinski definition) is 0. The van der Waals surface area contributed by atoms with E-state index in [0.29, 0.717) is 0 Å². The van der Waals surface area contributed by atoms with Crippen LogP contribution in [0.15, 0.2) is 104 Å². The van der Waals surface area contributed by atoms with E-state index in [1.54, 1.807) is 6.08 Å². The van der Waals surface area contributed by atoms with Crippen molar-refractivity contribution in [3.63, 3.8) is 0 Å². The lowest BCUT2D eigenvalue weighted by atomic mass is 10.4. The molecule has 3 rings (SSSR count). The van der Waals surface area contributed by atoms with Gasteiger partial charge in [0.15, 0.2) is 0 Å². The van der Waals surface area contributed by atoms with Crippen LogP contribution in [0.25, 0.3) is 0 Å². The summed E-state index contributed by atoms with van der Waals surface area (Å²) in [4.78, 5) is 0. The van der Waals surface area contributed by atoms with Crippen molar-refractivity contribution in [2.24, 2.45) is 0 Å². The van der Waals surface area contributed by atoms with E-state index in [0.717, 1.165) is 6.16 Å². The summed E-state index contributed by atoms with van der Waals surface area (Å²) >= 11 is 0. The fourth-order valence-corrected chi connectivity index (χ4v) is 6.82. The van der Waals surface area contributed by atoms with Crippen molar-refractivity contribution < 1.29 is 0 Å². The minimum absolute atomic E-state index is 0.817. The van der Waals surface area contributed by atoms with Crippen LogP contribution in [0.2, 0.25) is 0 Å². The van der Waals surface area contributed by atoms with Gasteiger partial charge in [0, 0.05) is 0 Å². The van der Waals surface area contributed by atoms with Crippen LogP contribution in [0, 0.1) is 11.8 Å². The lowest BCUT2D eigenvalue weighted by molar-refractivity contribution is 1.69. The quantitative estimate of drug-likeness (QED) is 0.498. The van der Waals surface area contributed by atoms with Gasteiger partial charge in [-0.05, 0) is 42.5 Å². The molecule has 24 heavy (non-hydrogen) atoms. The van der Waals surface area contributed by atoms with Crippen molar-refractivity contribution in [2.75, 3.05) is 6.16 Å². The molecule has 0 nitrogen and oxygen atoms in total. The number of rotatable bonds is 4. The third kappa shape index (κ3) is 3.18. The molecule has 0 amide bonds. The molecule has 0 aliphatic carbocycles. The highest BCUT2D eigenvalue weighted by molar-refractivity contribution is 7.95. The molecule has 0 aliphatic rings. The standard InChI is InChI=1S/C23H20P/c1-2-3-13-20-24(21-14-7-4-8-15-21,22-16-9-5-10-17-22)23-18-11-6-12-19-23/h2,4-12,14-19H,1,20H2/q+1. The molecular formula is C23H20P+. The molecule has 0 unspecified atom stereocenters. The zero-order chi connectivity index (χ0) is 16.7. The Balaban J connectivity index is 2.30. The zero-order valence-electron chi connectivity index (χ0n) is 13.6. The highest BCUT2D eigenvalue weighted by Crippen LogP contribution is 2.54. The van der Waals surface area contributed by atoms with Gasteiger partial charge in [0.2, 0.25) is 0 Å². The fourth-order valence-electron chi connectivity index (χ4n) is 3.00. The van der Waals surface area contributed by atoms with Gasteiger partial charge in [0.1, 0.15) is 29.3 Å². The van der Waals surface area contributed by atoms with Crippen molar-refractivity contribution in [1.82, 2.24) is 0 Å². The third-order valence-electron chi connectivity index (χ3n) is 4.11. The molecule has 3 aromatic rings. The average Bonchev–Trinajstić information content (AvgIpc) is 2.68. The van der Waals surface area contributed by atoms with Crippen LogP contribution in [0.3, 0.4) is 0 Å². The first-order chi connectivity index (χ1) is 11.9. The second kappa shape index (κ2) is 7.78. The minimum atomic E-state index is -1.80. The zero-order valence-corrected chi connectivity index (χ0v) is 14.5. The van der Waals surface area contributed by atoms with Crippen molar-refractivity contribution in [2.45, 2.75) is 0 Å². The van der Waals surface area contributed by atoms with Gasteiger partial charge in [-0.3, -0.25) is 0 Å². The molecule has 0 radical (unpaired) electrons. The fraction of sp³-hybridized carbons (Fsp3) is 0.0435. The molecule has 0 fully saturated rings. The van der Waals surface area contributed by atoms with Gasteiger partial charge in [0.05, 0.1) is 0 Å². The van der Waals surface area contributed by atoms with E-state index in [-0.39, 0.29) is 0 Å². The van der Waals surface area contributed by atoms with E-state index in [2.05, 4.69) is 109 Å². The monoisotopic (exact) mass is 327 g/mol. The summed E-state index contributed by atoms with van der Waals surface area (Å²) in [6.07, 6.45) is 2.49. The largest absolute Gasteiger partial charge is 0.134 e. The van der Waals surface area contributed by atoms with Crippen molar-refractivity contribution >= 4 is 23.2 Å². The maximum Gasteiger partial charge on any atom is 0.134 e. The Morgan fingerprint density at radius 2 is 1.04 bits per heavy atom. The summed E-state index contributed by atoms with van der Waals surface area (Å²) in [6, 6.07) is 32.4. The Kier molecular flexibility index (Phi) is 5.27. The molecule has 0 heterocycles. The lowest BCUT2D eigenvalue weighted by Gasteiger charge is -2.25. The Morgan fingerprint density at radius 3 is 1.38 bits per heavy atom. The Labute approximate surface area is 145 Å². The third-order valence-corrected chi connectivity index (χ3v) is 8.28. The molecular weight excluding hydrogens is 307 g/mol. The smallest absolute Gasteiger partial charge is 0.0907 e. The normalized spacial score (nSPS) is 10.5. The van der Waals surface area contributed by atoms with Gasteiger partial charge >= 0.3 is 0 Å². The maximum absolute atomic E-state index is 3.74. The van der Waals surface area contributed by atoms with Crippen LogP contribution in [0.5, 0.6) is 0 Å². The van der Waals surface area contributed by atoms with E-state index < -0.39 is 7.26 Å². The minimum Gasteiger partial charge on any atom is -0.0907 e. The number of benzene rings is 3. The van der Waals surface area contributed by atoms with E-state index in [9.17, 15) is 0 Å². The van der Waals surface area contributed by atoms with Crippen molar-refractivity contribution in [3.8, 4) is 11.8 Å². The van der Waals surface area contributed by atoms with Crippen LogP contribution in [0.1, 0.15) is 0 Å². The molecule has 3 aromatic carbocycles. The highest BCUT2D eigenvalue weighted by Gasteiger charge is 2.44. The van der Waals surface area contributed by atoms with Gasteiger partial charge in [0.25, 0.3) is 0 Å². The molecule has 0 aliphatic heterocycles. The first-order valence-corrected chi connectivity index (χ1v) is 9.99. The van der Waals surface area contributed by atoms with Gasteiger partial charge in [-0.15, -0.1) is 0 Å². The molecule has 0 saturated heterocycles. The summed E-state index contributed by atoms with van der Waals surface area (Å²) < 4.78 is 0. The van der Waals surface area contributed by atoms with Crippen molar-refractivity contribution in [3.05, 3.63) is 104 Å². The first kappa shape index (κ1) is 16.3. The average molecular weight is 327 g/mol. The summed E-state index contributed by atoms with van der Waals surface area (Å²) in [7, 11) is -1.80. The predicted octanol–water partition coefficient (Wildman–Crippen LogP) is 4.17. The van der Waals surface area contributed by atoms with Gasteiger partial charge in [-0.2, -0.15) is 0 Å². The second-order valence-corrected chi connectivity index (χ2v) is 8.98. The van der Waals surface area contributed by atoms with E-state index in [1.807, 2.05) is 0 Å². The Hall–Kier alpha value is -2.61. The molecule has 0 N–H and O–H groups in total. The summed E-state index contributed by atoms with van der Waals surface area (Å²) in [5.74, 6) is 6.41. The maximum atomic E-state index is 3.74. The van der Waals surface area contributed by atoms with Gasteiger partial charge in [-0.1, -0.05) is 73.0 Å².